The molecule has 1 aliphatic carbocycles. The van der Waals surface area contributed by atoms with Crippen molar-refractivity contribution in [1.82, 2.24) is 9.36 Å². The molecule has 0 spiro atoms. The van der Waals surface area contributed by atoms with E-state index < -0.39 is 19.2 Å². The number of nitrogens with zero attached hydrogens (tertiary/aromatic N) is 3. The molecule has 0 unspecified atom stereocenters. The van der Waals surface area contributed by atoms with E-state index in [0.717, 1.165) is 0 Å². The van der Waals surface area contributed by atoms with Crippen LogP contribution in [0, 0.1) is 0 Å². The third-order valence-corrected chi connectivity index (χ3v) is 22.0. The van der Waals surface area contributed by atoms with Crippen LogP contribution >= 0.6 is 0 Å². The van der Waals surface area contributed by atoms with Gasteiger partial charge in [-0.15, -0.1) is 0 Å². The zero-order valence-electron chi connectivity index (χ0n) is 12.9. The Morgan fingerprint density at radius 1 is 0.824 bits per heavy atom. The Morgan fingerprint density at radius 3 is 1.41 bits per heavy atom. The molecule has 102 valence electrons. The van der Waals surface area contributed by atoms with E-state index in [-0.39, 0.29) is 0 Å². The fourth-order valence-electron chi connectivity index (χ4n) is 4.60. The molecule has 0 aliphatic heterocycles. The van der Waals surface area contributed by atoms with Crippen molar-refractivity contribution in [1.29, 1.82) is 0 Å². The molecule has 0 bridgehead atoms. The summed E-state index contributed by atoms with van der Waals surface area (Å²) in [4.78, 5) is 0. The van der Waals surface area contributed by atoms with Gasteiger partial charge in [0.15, 0.2) is 0 Å². The molecule has 3 nitrogen and oxygen atoms in total. The first kappa shape index (κ1) is 15.7. The summed E-state index contributed by atoms with van der Waals surface area (Å²) in [7, 11) is 13.9. The quantitative estimate of drug-likeness (QED) is 0.707. The van der Waals surface area contributed by atoms with Crippen LogP contribution in [0.5, 0.6) is 0 Å². The van der Waals surface area contributed by atoms with Crippen LogP contribution < -0.4 is 0 Å². The molecule has 1 fully saturated rings. The summed E-state index contributed by atoms with van der Waals surface area (Å²) < 4.78 is 8.45. The van der Waals surface area contributed by atoms with Crippen molar-refractivity contribution in [3.8, 4) is 0 Å². The van der Waals surface area contributed by atoms with Crippen LogP contribution in [0.15, 0.2) is 0 Å². The van der Waals surface area contributed by atoms with Gasteiger partial charge in [0.2, 0.25) is 0 Å². The second-order valence-electron chi connectivity index (χ2n) is 6.16. The van der Waals surface area contributed by atoms with Crippen molar-refractivity contribution < 1.29 is 0 Å². The standard InChI is InChI=1S/C7H13.3C2H6N.Sn/c1-2-7-5-3-4-6-7;3*1-3-2;/h2-6H2,1H3;3*1-2H3;/q;3*-1;+3. The van der Waals surface area contributed by atoms with Gasteiger partial charge in [-0.25, -0.2) is 0 Å². The van der Waals surface area contributed by atoms with Crippen molar-refractivity contribution in [3.05, 3.63) is 0 Å². The van der Waals surface area contributed by atoms with E-state index in [0.29, 0.717) is 3.43 Å². The maximum atomic E-state index is 2.61. The van der Waals surface area contributed by atoms with Crippen LogP contribution in [0.2, 0.25) is 3.43 Å². The summed E-state index contributed by atoms with van der Waals surface area (Å²) in [5.41, 5.74) is 0. The normalized spacial score (nSPS) is 20.8. The molecule has 1 aliphatic rings. The fraction of sp³-hybridized carbons (Fsp3) is 1.00. The predicted molar refractivity (Wildman–Crippen MR) is 78.3 cm³/mol. The van der Waals surface area contributed by atoms with Gasteiger partial charge in [0.1, 0.15) is 0 Å². The van der Waals surface area contributed by atoms with Gasteiger partial charge in [0, 0.05) is 0 Å². The Hall–Kier alpha value is 0.679. The third-order valence-electron chi connectivity index (χ3n) is 4.82. The maximum absolute atomic E-state index is 2.65. The van der Waals surface area contributed by atoms with E-state index in [1.165, 1.54) is 32.1 Å². The number of hydrogen-bond acceptors (Lipinski definition) is 3. The number of hydrogen-bond donors (Lipinski definition) is 0. The second-order valence-corrected chi connectivity index (χ2v) is 20.5. The van der Waals surface area contributed by atoms with Crippen molar-refractivity contribution in [2.75, 3.05) is 42.3 Å². The van der Waals surface area contributed by atoms with E-state index in [9.17, 15) is 0 Å². The van der Waals surface area contributed by atoms with Crippen molar-refractivity contribution >= 4 is 19.2 Å². The summed E-state index contributed by atoms with van der Waals surface area (Å²) in [6, 6.07) is 0. The van der Waals surface area contributed by atoms with Gasteiger partial charge in [-0.2, -0.15) is 0 Å². The van der Waals surface area contributed by atoms with Crippen LogP contribution in [-0.2, 0) is 0 Å². The summed E-state index contributed by atoms with van der Waals surface area (Å²) in [5, 5.41) is 0. The summed E-state index contributed by atoms with van der Waals surface area (Å²) in [6.07, 6.45) is 7.09. The summed E-state index contributed by atoms with van der Waals surface area (Å²) >= 11 is -2.65. The first-order valence-electron chi connectivity index (χ1n) is 6.87. The van der Waals surface area contributed by atoms with Crippen LogP contribution in [-0.4, -0.2) is 70.8 Å². The van der Waals surface area contributed by atoms with Crippen molar-refractivity contribution in [2.45, 2.75) is 42.5 Å². The van der Waals surface area contributed by atoms with Gasteiger partial charge in [-0.3, -0.25) is 0 Å². The Balaban J connectivity index is 3.29. The van der Waals surface area contributed by atoms with Crippen LogP contribution in [0.1, 0.15) is 39.0 Å². The fourth-order valence-corrected chi connectivity index (χ4v) is 23.9. The molecule has 0 saturated heterocycles. The van der Waals surface area contributed by atoms with E-state index in [1.807, 2.05) is 0 Å². The molecule has 1 saturated carbocycles. The first-order valence-corrected chi connectivity index (χ1v) is 12.1. The van der Waals surface area contributed by atoms with E-state index in [1.54, 1.807) is 0 Å². The van der Waals surface area contributed by atoms with Crippen LogP contribution in [0.4, 0.5) is 0 Å². The van der Waals surface area contributed by atoms with Gasteiger partial charge >= 0.3 is 113 Å². The van der Waals surface area contributed by atoms with Crippen LogP contribution in [0.25, 0.3) is 0 Å². The minimum atomic E-state index is -2.65. The number of rotatable bonds is 5. The molecule has 17 heavy (non-hydrogen) atoms. The Kier molecular flexibility index (Phi) is 5.33. The Labute approximate surface area is 113 Å². The zero-order valence-corrected chi connectivity index (χ0v) is 15.7. The molecular formula is C13H31N3Sn. The Bertz CT molecular complexity index is 223. The average Bonchev–Trinajstić information content (AvgIpc) is 2.66. The molecule has 0 aromatic heterocycles. The minimum absolute atomic E-state index is 0.602. The molecule has 4 heteroatoms. The molecule has 0 heterocycles. The van der Waals surface area contributed by atoms with Gasteiger partial charge in [0.05, 0.1) is 0 Å². The molecule has 0 aromatic carbocycles. The Morgan fingerprint density at radius 2 is 1.18 bits per heavy atom. The monoisotopic (exact) mass is 349 g/mol. The molecule has 1 rings (SSSR count). The van der Waals surface area contributed by atoms with E-state index >= 15 is 0 Å². The molecule has 0 aromatic rings. The van der Waals surface area contributed by atoms with E-state index in [4.69, 9.17) is 0 Å². The summed E-state index contributed by atoms with van der Waals surface area (Å²) in [5.74, 6) is 0. The third kappa shape index (κ3) is 2.28. The molecule has 0 amide bonds. The van der Waals surface area contributed by atoms with E-state index in [2.05, 4.69) is 58.6 Å². The SMILES string of the molecule is CC[C]1([Sn]([N](C)C)([N](C)C)[N](C)C)CCCC1. The van der Waals surface area contributed by atoms with Crippen molar-refractivity contribution in [3.63, 3.8) is 0 Å². The predicted octanol–water partition coefficient (Wildman–Crippen LogP) is 2.33. The summed E-state index contributed by atoms with van der Waals surface area (Å²) in [6.45, 7) is 2.41. The zero-order chi connectivity index (χ0) is 13.3. The average molecular weight is 348 g/mol. The van der Waals surface area contributed by atoms with Gasteiger partial charge in [-0.05, 0) is 0 Å². The molecular weight excluding hydrogens is 317 g/mol. The topological polar surface area (TPSA) is 9.72 Å². The molecule has 0 radical (unpaired) electrons. The van der Waals surface area contributed by atoms with Gasteiger partial charge < -0.3 is 0 Å². The second kappa shape index (κ2) is 5.76. The van der Waals surface area contributed by atoms with Gasteiger partial charge in [-0.1, -0.05) is 0 Å². The van der Waals surface area contributed by atoms with Crippen LogP contribution in [0.3, 0.4) is 0 Å². The first-order chi connectivity index (χ1) is 7.85. The van der Waals surface area contributed by atoms with Crippen molar-refractivity contribution in [2.24, 2.45) is 0 Å². The molecule has 0 N–H and O–H groups in total. The molecule has 0 atom stereocenters. The van der Waals surface area contributed by atoms with Gasteiger partial charge in [0.25, 0.3) is 0 Å².